The van der Waals surface area contributed by atoms with Crippen molar-refractivity contribution in [2.24, 2.45) is 5.92 Å². The topological polar surface area (TPSA) is 42.7 Å². The normalized spacial score (nSPS) is 11.5. The first-order chi connectivity index (χ1) is 9.52. The summed E-state index contributed by atoms with van der Waals surface area (Å²) in [6, 6.07) is 0. The molecule has 0 atom stereocenters. The average molecular weight is 292 g/mol. The van der Waals surface area contributed by atoms with Gasteiger partial charge in [0.2, 0.25) is 0 Å². The largest absolute Gasteiger partial charge is 0.310 e. The van der Waals surface area contributed by atoms with E-state index in [2.05, 4.69) is 50.4 Å². The third-order valence-electron chi connectivity index (χ3n) is 3.32. The third-order valence-corrected chi connectivity index (χ3v) is 4.17. The Morgan fingerprint density at radius 1 is 1.35 bits per heavy atom. The quantitative estimate of drug-likeness (QED) is 0.887. The van der Waals surface area contributed by atoms with Gasteiger partial charge >= 0.3 is 0 Å². The van der Waals surface area contributed by atoms with Gasteiger partial charge in [-0.2, -0.15) is 5.10 Å². The van der Waals surface area contributed by atoms with Crippen LogP contribution in [0.2, 0.25) is 0 Å². The second-order valence-corrected chi connectivity index (χ2v) is 6.46. The van der Waals surface area contributed by atoms with Gasteiger partial charge in [0.25, 0.3) is 0 Å². The van der Waals surface area contributed by atoms with E-state index in [9.17, 15) is 0 Å². The number of thiazole rings is 1. The van der Waals surface area contributed by atoms with Crippen molar-refractivity contribution in [3.63, 3.8) is 0 Å². The first-order valence-corrected chi connectivity index (χ1v) is 8.10. The van der Waals surface area contributed by atoms with E-state index in [1.807, 2.05) is 4.68 Å². The van der Waals surface area contributed by atoms with Crippen molar-refractivity contribution < 1.29 is 0 Å². The van der Waals surface area contributed by atoms with E-state index >= 15 is 0 Å². The van der Waals surface area contributed by atoms with Crippen molar-refractivity contribution >= 4 is 11.3 Å². The van der Waals surface area contributed by atoms with E-state index in [1.165, 1.54) is 11.3 Å². The summed E-state index contributed by atoms with van der Waals surface area (Å²) in [4.78, 5) is 4.75. The van der Waals surface area contributed by atoms with Crippen LogP contribution in [0.25, 0.3) is 11.3 Å². The van der Waals surface area contributed by atoms with E-state index in [1.54, 1.807) is 11.3 Å². The number of rotatable bonds is 6. The monoisotopic (exact) mass is 292 g/mol. The second kappa shape index (κ2) is 6.50. The fourth-order valence-electron chi connectivity index (χ4n) is 2.35. The lowest BCUT2D eigenvalue weighted by atomic mass is 10.1. The highest BCUT2D eigenvalue weighted by Crippen LogP contribution is 2.28. The van der Waals surface area contributed by atoms with Crippen LogP contribution in [0.15, 0.2) is 5.38 Å². The van der Waals surface area contributed by atoms with Crippen molar-refractivity contribution in [2.45, 2.75) is 47.7 Å². The molecule has 0 unspecified atom stereocenters. The molecule has 0 saturated carbocycles. The van der Waals surface area contributed by atoms with Gasteiger partial charge in [0, 0.05) is 29.7 Å². The van der Waals surface area contributed by atoms with E-state index in [-0.39, 0.29) is 0 Å². The van der Waals surface area contributed by atoms with E-state index in [4.69, 9.17) is 4.98 Å². The first-order valence-electron chi connectivity index (χ1n) is 7.22. The van der Waals surface area contributed by atoms with E-state index < -0.39 is 0 Å². The molecule has 0 spiro atoms. The highest BCUT2D eigenvalue weighted by molar-refractivity contribution is 7.09. The lowest BCUT2D eigenvalue weighted by Gasteiger charge is -2.04. The molecule has 0 aliphatic heterocycles. The van der Waals surface area contributed by atoms with E-state index in [0.29, 0.717) is 5.92 Å². The minimum Gasteiger partial charge on any atom is -0.310 e. The summed E-state index contributed by atoms with van der Waals surface area (Å²) in [7, 11) is 0. The lowest BCUT2D eigenvalue weighted by molar-refractivity contribution is 0.551. The van der Waals surface area contributed by atoms with Gasteiger partial charge in [-0.25, -0.2) is 4.98 Å². The summed E-state index contributed by atoms with van der Waals surface area (Å²) in [6.45, 7) is 13.5. The average Bonchev–Trinajstić information content (AvgIpc) is 2.94. The van der Waals surface area contributed by atoms with Crippen molar-refractivity contribution in [2.75, 3.05) is 6.54 Å². The minimum atomic E-state index is 0.668. The van der Waals surface area contributed by atoms with Crippen molar-refractivity contribution in [3.05, 3.63) is 21.8 Å². The Bertz CT molecular complexity index is 568. The van der Waals surface area contributed by atoms with E-state index in [0.717, 1.165) is 36.0 Å². The van der Waals surface area contributed by atoms with Crippen molar-refractivity contribution in [1.29, 1.82) is 0 Å². The zero-order valence-electron chi connectivity index (χ0n) is 13.0. The number of hydrogen-bond acceptors (Lipinski definition) is 4. The number of nitrogens with one attached hydrogen (secondary N) is 1. The molecule has 0 saturated heterocycles. The van der Waals surface area contributed by atoms with Gasteiger partial charge in [-0.1, -0.05) is 13.8 Å². The molecule has 1 N–H and O–H groups in total. The Morgan fingerprint density at radius 3 is 2.70 bits per heavy atom. The molecule has 0 aliphatic carbocycles. The maximum absolute atomic E-state index is 4.75. The van der Waals surface area contributed by atoms with Crippen molar-refractivity contribution in [1.82, 2.24) is 20.1 Å². The summed E-state index contributed by atoms with van der Waals surface area (Å²) in [5.74, 6) is 0.668. The van der Waals surface area contributed by atoms with Crippen LogP contribution in [0.4, 0.5) is 0 Å². The molecule has 20 heavy (non-hydrogen) atoms. The molecule has 2 aromatic heterocycles. The van der Waals surface area contributed by atoms with Crippen LogP contribution >= 0.6 is 11.3 Å². The van der Waals surface area contributed by atoms with Crippen LogP contribution in [0, 0.1) is 19.8 Å². The summed E-state index contributed by atoms with van der Waals surface area (Å²) in [5, 5.41) is 11.3. The molecular weight excluding hydrogens is 268 g/mol. The van der Waals surface area contributed by atoms with Crippen LogP contribution in [0.5, 0.6) is 0 Å². The summed E-state index contributed by atoms with van der Waals surface area (Å²) < 4.78 is 2.04. The first kappa shape index (κ1) is 15.2. The van der Waals surface area contributed by atoms with Gasteiger partial charge in [0.1, 0.15) is 5.01 Å². The zero-order valence-corrected chi connectivity index (χ0v) is 13.8. The standard InChI is InChI=1S/C15H24N4S/c1-6-19-12(5)15(11(4)18-19)13-9-20-14(17-13)8-16-7-10(2)3/h9-10,16H,6-8H2,1-5H3. The smallest absolute Gasteiger partial charge is 0.107 e. The van der Waals surface area contributed by atoms with Gasteiger partial charge in [-0.05, 0) is 33.2 Å². The summed E-state index contributed by atoms with van der Waals surface area (Å²) >= 11 is 1.72. The minimum absolute atomic E-state index is 0.668. The highest BCUT2D eigenvalue weighted by Gasteiger charge is 2.15. The molecule has 5 heteroatoms. The predicted molar refractivity (Wildman–Crippen MR) is 85.0 cm³/mol. The second-order valence-electron chi connectivity index (χ2n) is 5.51. The Kier molecular flexibility index (Phi) is 4.94. The molecule has 0 aromatic carbocycles. The fourth-order valence-corrected chi connectivity index (χ4v) is 3.10. The van der Waals surface area contributed by atoms with Gasteiger partial charge in [-0.3, -0.25) is 4.68 Å². The molecule has 0 radical (unpaired) electrons. The Balaban J connectivity index is 2.14. The van der Waals surface area contributed by atoms with Crippen LogP contribution in [-0.4, -0.2) is 21.3 Å². The number of aryl methyl sites for hydroxylation is 2. The molecule has 0 fully saturated rings. The van der Waals surface area contributed by atoms with Crippen LogP contribution in [0.1, 0.15) is 37.2 Å². The number of aromatic nitrogens is 3. The molecule has 4 nitrogen and oxygen atoms in total. The highest BCUT2D eigenvalue weighted by atomic mass is 32.1. The number of hydrogen-bond donors (Lipinski definition) is 1. The zero-order chi connectivity index (χ0) is 14.7. The molecule has 2 rings (SSSR count). The predicted octanol–water partition coefficient (Wildman–Crippen LogP) is 3.39. The molecule has 2 heterocycles. The Labute approximate surface area is 125 Å². The molecule has 110 valence electrons. The van der Waals surface area contributed by atoms with Gasteiger partial charge < -0.3 is 5.32 Å². The SMILES string of the molecule is CCn1nc(C)c(-c2csc(CNCC(C)C)n2)c1C. The molecule has 0 amide bonds. The molecule has 0 bridgehead atoms. The molecule has 0 aliphatic rings. The Morgan fingerprint density at radius 2 is 2.10 bits per heavy atom. The van der Waals surface area contributed by atoms with Gasteiger partial charge in [0.15, 0.2) is 0 Å². The lowest BCUT2D eigenvalue weighted by Crippen LogP contribution is -2.18. The summed E-state index contributed by atoms with van der Waals surface area (Å²) in [6.07, 6.45) is 0. The fraction of sp³-hybridized carbons (Fsp3) is 0.600. The Hall–Kier alpha value is -1.20. The van der Waals surface area contributed by atoms with Crippen LogP contribution in [-0.2, 0) is 13.1 Å². The maximum Gasteiger partial charge on any atom is 0.107 e. The van der Waals surface area contributed by atoms with Crippen LogP contribution < -0.4 is 5.32 Å². The van der Waals surface area contributed by atoms with Gasteiger partial charge in [-0.15, -0.1) is 11.3 Å². The molecule has 2 aromatic rings. The van der Waals surface area contributed by atoms with Gasteiger partial charge in [0.05, 0.1) is 11.4 Å². The maximum atomic E-state index is 4.75. The third kappa shape index (κ3) is 3.27. The molecular formula is C15H24N4S. The summed E-state index contributed by atoms with van der Waals surface area (Å²) in [5.41, 5.74) is 4.53. The van der Waals surface area contributed by atoms with Crippen LogP contribution in [0.3, 0.4) is 0 Å². The van der Waals surface area contributed by atoms with Crippen molar-refractivity contribution in [3.8, 4) is 11.3 Å². The number of nitrogens with zero attached hydrogens (tertiary/aromatic N) is 3.